The van der Waals surface area contributed by atoms with E-state index in [1.165, 1.54) is 19.2 Å². The first-order valence-electron chi connectivity index (χ1n) is 10.2. The van der Waals surface area contributed by atoms with E-state index in [4.69, 9.17) is 18.9 Å². The Morgan fingerprint density at radius 3 is 2.85 bits per heavy atom. The molecule has 0 bridgehead atoms. The van der Waals surface area contributed by atoms with Gasteiger partial charge in [-0.2, -0.15) is 0 Å². The van der Waals surface area contributed by atoms with E-state index in [-0.39, 0.29) is 36.3 Å². The third-order valence-corrected chi connectivity index (χ3v) is 5.58. The van der Waals surface area contributed by atoms with Crippen LogP contribution in [0.1, 0.15) is 39.4 Å². The number of nitrogens with zero attached hydrogens (tertiary/aromatic N) is 1. The molecule has 8 heteroatoms. The first-order valence-corrected chi connectivity index (χ1v) is 10.2. The van der Waals surface area contributed by atoms with E-state index in [0.717, 1.165) is 0 Å². The maximum Gasteiger partial charge on any atom is 0.306 e. The van der Waals surface area contributed by atoms with Crippen LogP contribution in [-0.2, 0) is 9.53 Å². The fourth-order valence-electron chi connectivity index (χ4n) is 3.97. The zero-order chi connectivity index (χ0) is 22.9. The number of phenols is 1. The van der Waals surface area contributed by atoms with Crippen LogP contribution in [-0.4, -0.2) is 35.7 Å². The van der Waals surface area contributed by atoms with E-state index in [2.05, 4.69) is 4.98 Å². The average Bonchev–Trinajstić information content (AvgIpc) is 3.42. The Hall–Kier alpha value is -4.33. The number of Topliss-reactive ketones (excluding diaryl/α,β-unsaturated/α-hetero) is 1. The van der Waals surface area contributed by atoms with Gasteiger partial charge in [-0.15, -0.1) is 0 Å². The molecule has 166 valence electrons. The number of hydrogen-bond donors (Lipinski definition) is 1. The summed E-state index contributed by atoms with van der Waals surface area (Å²) in [6, 6.07) is 11.8. The fraction of sp³-hybridized carbons (Fsp3) is 0.160. The van der Waals surface area contributed by atoms with Crippen molar-refractivity contribution in [1.82, 2.24) is 4.98 Å². The minimum atomic E-state index is -0.626. The summed E-state index contributed by atoms with van der Waals surface area (Å²) in [6.07, 6.45) is 4.75. The average molecular weight is 445 g/mol. The molecular weight excluding hydrogens is 426 g/mol. The van der Waals surface area contributed by atoms with Gasteiger partial charge >= 0.3 is 5.97 Å². The standard InChI is InChI=1S/C25H19NO7/c1-30-22(28)11-17(15-3-2-8-26-12-15)23-18(27)6-5-16-24(29)21(33-25(16)23)10-14-4-7-19-20(9-14)32-13-31-19/h2-10,12,17,27H,11,13H2,1H3/b21-10-. The van der Waals surface area contributed by atoms with E-state index in [1.807, 2.05) is 0 Å². The van der Waals surface area contributed by atoms with Gasteiger partial charge in [0.05, 0.1) is 19.1 Å². The molecule has 0 saturated carbocycles. The van der Waals surface area contributed by atoms with Crippen molar-refractivity contribution in [2.45, 2.75) is 12.3 Å². The lowest BCUT2D eigenvalue weighted by molar-refractivity contribution is -0.140. The minimum Gasteiger partial charge on any atom is -0.508 e. The molecule has 1 N–H and O–H groups in total. The van der Waals surface area contributed by atoms with Crippen molar-refractivity contribution >= 4 is 17.8 Å². The van der Waals surface area contributed by atoms with Crippen molar-refractivity contribution in [1.29, 1.82) is 0 Å². The maximum absolute atomic E-state index is 13.1. The molecule has 3 heterocycles. The Balaban J connectivity index is 1.57. The largest absolute Gasteiger partial charge is 0.508 e. The Morgan fingerprint density at radius 1 is 1.21 bits per heavy atom. The number of fused-ring (bicyclic) bond motifs is 2. The first-order chi connectivity index (χ1) is 16.0. The molecule has 33 heavy (non-hydrogen) atoms. The predicted octanol–water partition coefficient (Wildman–Crippen LogP) is 3.83. The smallest absolute Gasteiger partial charge is 0.306 e. The van der Waals surface area contributed by atoms with Gasteiger partial charge in [0.1, 0.15) is 11.5 Å². The van der Waals surface area contributed by atoms with Crippen LogP contribution in [0.4, 0.5) is 0 Å². The summed E-state index contributed by atoms with van der Waals surface area (Å²) in [7, 11) is 1.30. The van der Waals surface area contributed by atoms with Crippen LogP contribution in [0.3, 0.4) is 0 Å². The third-order valence-electron chi connectivity index (χ3n) is 5.58. The third kappa shape index (κ3) is 3.76. The van der Waals surface area contributed by atoms with Crippen molar-refractivity contribution in [3.05, 3.63) is 82.9 Å². The van der Waals surface area contributed by atoms with Gasteiger partial charge in [-0.25, -0.2) is 0 Å². The highest BCUT2D eigenvalue weighted by atomic mass is 16.7. The zero-order valence-corrected chi connectivity index (χ0v) is 17.6. The Morgan fingerprint density at radius 2 is 2.06 bits per heavy atom. The number of allylic oxidation sites excluding steroid dienone is 1. The lowest BCUT2D eigenvalue weighted by Crippen LogP contribution is -2.11. The van der Waals surface area contributed by atoms with Crippen LogP contribution in [0.25, 0.3) is 6.08 Å². The van der Waals surface area contributed by atoms with E-state index < -0.39 is 11.9 Å². The summed E-state index contributed by atoms with van der Waals surface area (Å²) in [4.78, 5) is 29.4. The number of carbonyl (C=O) groups is 2. The van der Waals surface area contributed by atoms with E-state index in [0.29, 0.717) is 33.8 Å². The number of esters is 1. The van der Waals surface area contributed by atoms with Crippen molar-refractivity contribution in [2.24, 2.45) is 0 Å². The summed E-state index contributed by atoms with van der Waals surface area (Å²) >= 11 is 0. The number of aromatic nitrogens is 1. The molecule has 0 fully saturated rings. The molecule has 1 aromatic heterocycles. The molecule has 1 unspecified atom stereocenters. The lowest BCUT2D eigenvalue weighted by atomic mass is 9.87. The van der Waals surface area contributed by atoms with Gasteiger partial charge in [0, 0.05) is 23.9 Å². The SMILES string of the molecule is COC(=O)CC(c1cccnc1)c1c(O)ccc2c1O/C(=C\c1ccc3c(c1)OCO3)C2=O. The summed E-state index contributed by atoms with van der Waals surface area (Å²) in [5.41, 5.74) is 2.00. The number of rotatable bonds is 5. The van der Waals surface area contributed by atoms with E-state index in [9.17, 15) is 14.7 Å². The van der Waals surface area contributed by atoms with Gasteiger partial charge in [-0.3, -0.25) is 14.6 Å². The van der Waals surface area contributed by atoms with Crippen LogP contribution in [0.2, 0.25) is 0 Å². The highest BCUT2D eigenvalue weighted by Crippen LogP contribution is 2.46. The Kier molecular flexibility index (Phi) is 5.18. The van der Waals surface area contributed by atoms with Gasteiger partial charge in [0.15, 0.2) is 17.3 Å². The topological polar surface area (TPSA) is 104 Å². The van der Waals surface area contributed by atoms with Gasteiger partial charge in [-0.1, -0.05) is 12.1 Å². The maximum atomic E-state index is 13.1. The number of carbonyl (C=O) groups excluding carboxylic acids is 2. The molecule has 2 aliphatic rings. The number of pyridine rings is 1. The molecule has 2 aromatic carbocycles. The summed E-state index contributed by atoms with van der Waals surface area (Å²) in [5.74, 6) is 0.00734. The molecule has 0 aliphatic carbocycles. The number of ether oxygens (including phenoxy) is 4. The summed E-state index contributed by atoms with van der Waals surface area (Å²) < 4.78 is 21.6. The molecular formula is C25H19NO7. The van der Waals surface area contributed by atoms with Crippen LogP contribution in [0.5, 0.6) is 23.0 Å². The Bertz CT molecular complexity index is 1280. The normalized spacial score (nSPS) is 15.8. The molecule has 8 nitrogen and oxygen atoms in total. The monoisotopic (exact) mass is 445 g/mol. The molecule has 1 atom stereocenters. The Labute approximate surface area is 189 Å². The van der Waals surface area contributed by atoms with Crippen LogP contribution < -0.4 is 14.2 Å². The predicted molar refractivity (Wildman–Crippen MR) is 116 cm³/mol. The zero-order valence-electron chi connectivity index (χ0n) is 17.6. The molecule has 5 rings (SSSR count). The van der Waals surface area contributed by atoms with E-state index in [1.54, 1.807) is 48.8 Å². The van der Waals surface area contributed by atoms with Crippen LogP contribution >= 0.6 is 0 Å². The van der Waals surface area contributed by atoms with Crippen LogP contribution in [0.15, 0.2) is 60.6 Å². The second-order valence-electron chi connectivity index (χ2n) is 7.55. The molecule has 0 radical (unpaired) electrons. The van der Waals surface area contributed by atoms with Crippen molar-refractivity contribution in [2.75, 3.05) is 13.9 Å². The first kappa shape index (κ1) is 20.6. The quantitative estimate of drug-likeness (QED) is 0.467. The number of benzene rings is 2. The second kappa shape index (κ2) is 8.31. The summed E-state index contributed by atoms with van der Waals surface area (Å²) in [5, 5.41) is 10.7. The van der Waals surface area contributed by atoms with Gasteiger partial charge in [0.2, 0.25) is 12.6 Å². The van der Waals surface area contributed by atoms with Crippen molar-refractivity contribution < 1.29 is 33.6 Å². The molecule has 0 spiro atoms. The van der Waals surface area contributed by atoms with Gasteiger partial charge in [-0.05, 0) is 47.5 Å². The van der Waals surface area contributed by atoms with E-state index >= 15 is 0 Å². The number of hydrogen-bond acceptors (Lipinski definition) is 8. The van der Waals surface area contributed by atoms with Crippen LogP contribution in [0, 0.1) is 0 Å². The molecule has 0 amide bonds. The fourth-order valence-corrected chi connectivity index (χ4v) is 3.97. The van der Waals surface area contributed by atoms with Crippen molar-refractivity contribution in [3.63, 3.8) is 0 Å². The molecule has 3 aromatic rings. The number of aromatic hydroxyl groups is 1. The number of methoxy groups -OCH3 is 1. The minimum absolute atomic E-state index is 0.0645. The molecule has 2 aliphatic heterocycles. The lowest BCUT2D eigenvalue weighted by Gasteiger charge is -2.20. The second-order valence-corrected chi connectivity index (χ2v) is 7.55. The summed E-state index contributed by atoms with van der Waals surface area (Å²) in [6.45, 7) is 0.148. The number of ketones is 1. The number of phenolic OH excluding ortho intramolecular Hbond substituents is 1. The molecule has 0 saturated heterocycles. The highest BCUT2D eigenvalue weighted by molar-refractivity contribution is 6.15. The van der Waals surface area contributed by atoms with Gasteiger partial charge in [0.25, 0.3) is 0 Å². The highest BCUT2D eigenvalue weighted by Gasteiger charge is 2.35. The van der Waals surface area contributed by atoms with Gasteiger partial charge < -0.3 is 24.1 Å². The van der Waals surface area contributed by atoms with Crippen molar-refractivity contribution in [3.8, 4) is 23.0 Å².